The summed E-state index contributed by atoms with van der Waals surface area (Å²) in [5, 5.41) is 2.84. The summed E-state index contributed by atoms with van der Waals surface area (Å²) in [5.74, 6) is 0.103. The molecule has 1 N–H and O–H groups in total. The lowest BCUT2D eigenvalue weighted by atomic mass is 10.2. The zero-order chi connectivity index (χ0) is 20.6. The first-order chi connectivity index (χ1) is 13.3. The Hall–Kier alpha value is -2.10. The molecule has 0 spiro atoms. The lowest BCUT2D eigenvalue weighted by Gasteiger charge is -2.23. The molecule has 0 unspecified atom stereocenters. The third kappa shape index (κ3) is 7.14. The number of halogens is 1. The minimum Gasteiger partial charge on any atom is -0.383 e. The van der Waals surface area contributed by atoms with Crippen LogP contribution in [0.4, 0.5) is 10.5 Å². The summed E-state index contributed by atoms with van der Waals surface area (Å²) in [7, 11) is -2.04. The zero-order valence-corrected chi connectivity index (χ0v) is 18.1. The molecule has 2 aromatic rings. The highest BCUT2D eigenvalue weighted by molar-refractivity contribution is 9.10. The Kier molecular flexibility index (Phi) is 8.28. The first-order valence-electron chi connectivity index (χ1n) is 8.64. The second kappa shape index (κ2) is 10.4. The van der Waals surface area contributed by atoms with Gasteiger partial charge in [-0.25, -0.2) is 4.79 Å². The van der Waals surface area contributed by atoms with Crippen LogP contribution < -0.4 is 9.50 Å². The first-order valence-corrected chi connectivity index (χ1v) is 11.0. The Morgan fingerprint density at radius 1 is 1.18 bits per heavy atom. The van der Waals surface area contributed by atoms with Gasteiger partial charge in [0, 0.05) is 30.4 Å². The van der Waals surface area contributed by atoms with Crippen molar-refractivity contribution in [2.24, 2.45) is 0 Å². The summed E-state index contributed by atoms with van der Waals surface area (Å²) in [4.78, 5) is 14.3. The molecule has 0 radical (unpaired) electrons. The van der Waals surface area contributed by atoms with Crippen molar-refractivity contribution >= 4 is 37.8 Å². The minimum absolute atomic E-state index is 0.118. The number of carbonyl (C=O) groups excluding carboxylic acids is 1. The fourth-order valence-corrected chi connectivity index (χ4v) is 3.09. The average molecular weight is 471 g/mol. The van der Waals surface area contributed by atoms with Crippen LogP contribution in [-0.4, -0.2) is 45.4 Å². The molecule has 0 bridgehead atoms. The number of amides is 2. The molecule has 0 aromatic heterocycles. The molecule has 152 valence electrons. The predicted octanol–water partition coefficient (Wildman–Crippen LogP) is 3.86. The topological polar surface area (TPSA) is 84.9 Å². The monoisotopic (exact) mass is 470 g/mol. The van der Waals surface area contributed by atoms with Crippen molar-refractivity contribution in [3.63, 3.8) is 0 Å². The van der Waals surface area contributed by atoms with Crippen molar-refractivity contribution in [2.75, 3.05) is 31.3 Å². The van der Waals surface area contributed by atoms with E-state index in [0.29, 0.717) is 18.8 Å². The van der Waals surface area contributed by atoms with Gasteiger partial charge in [0.2, 0.25) is 0 Å². The molecule has 2 amide bonds. The van der Waals surface area contributed by atoms with Crippen LogP contribution in [0.5, 0.6) is 5.75 Å². The van der Waals surface area contributed by atoms with Crippen molar-refractivity contribution in [3.8, 4) is 5.75 Å². The van der Waals surface area contributed by atoms with E-state index in [9.17, 15) is 13.2 Å². The SMILES string of the molecule is CCS(=O)(=O)Oc1cccc(CN(CCOC)C(=O)Nc2ccc(Br)cc2)c1. The van der Waals surface area contributed by atoms with Crippen LogP contribution in [0.15, 0.2) is 53.0 Å². The van der Waals surface area contributed by atoms with E-state index in [2.05, 4.69) is 21.2 Å². The van der Waals surface area contributed by atoms with Gasteiger partial charge in [0.1, 0.15) is 5.75 Å². The maximum Gasteiger partial charge on any atom is 0.322 e. The molecule has 2 rings (SSSR count). The van der Waals surface area contributed by atoms with E-state index in [0.717, 1.165) is 10.0 Å². The van der Waals surface area contributed by atoms with Crippen molar-refractivity contribution in [1.82, 2.24) is 4.90 Å². The van der Waals surface area contributed by atoms with E-state index < -0.39 is 10.1 Å². The van der Waals surface area contributed by atoms with Crippen LogP contribution >= 0.6 is 15.9 Å². The normalized spacial score (nSPS) is 11.1. The van der Waals surface area contributed by atoms with Crippen LogP contribution in [0.2, 0.25) is 0 Å². The van der Waals surface area contributed by atoms with Gasteiger partial charge in [0.25, 0.3) is 0 Å². The largest absolute Gasteiger partial charge is 0.383 e. The number of anilines is 1. The van der Waals surface area contributed by atoms with Gasteiger partial charge in [-0.2, -0.15) is 8.42 Å². The Balaban J connectivity index is 2.12. The zero-order valence-electron chi connectivity index (χ0n) is 15.7. The van der Waals surface area contributed by atoms with E-state index >= 15 is 0 Å². The van der Waals surface area contributed by atoms with Gasteiger partial charge in [0.05, 0.1) is 12.4 Å². The van der Waals surface area contributed by atoms with Crippen LogP contribution in [-0.2, 0) is 21.4 Å². The third-order valence-electron chi connectivity index (χ3n) is 3.80. The predicted molar refractivity (Wildman–Crippen MR) is 112 cm³/mol. The molecule has 0 aliphatic rings. The highest BCUT2D eigenvalue weighted by Gasteiger charge is 2.15. The maximum absolute atomic E-state index is 12.7. The molecule has 0 heterocycles. The summed E-state index contributed by atoms with van der Waals surface area (Å²) in [6.07, 6.45) is 0. The first kappa shape index (κ1) is 22.2. The van der Waals surface area contributed by atoms with Crippen molar-refractivity contribution < 1.29 is 22.1 Å². The lowest BCUT2D eigenvalue weighted by molar-refractivity contribution is 0.153. The quantitative estimate of drug-likeness (QED) is 0.562. The van der Waals surface area contributed by atoms with Gasteiger partial charge < -0.3 is 19.1 Å². The Morgan fingerprint density at radius 3 is 2.54 bits per heavy atom. The standard InChI is InChI=1S/C19H23BrN2O5S/c1-3-28(24,25)27-18-6-4-5-15(13-18)14-22(11-12-26-2)19(23)21-17-9-7-16(20)8-10-17/h4-10,13H,3,11-12,14H2,1-2H3,(H,21,23). The number of rotatable bonds is 9. The van der Waals surface area contributed by atoms with E-state index in [-0.39, 0.29) is 24.1 Å². The number of methoxy groups -OCH3 is 1. The number of ether oxygens (including phenoxy) is 1. The molecule has 2 aromatic carbocycles. The van der Waals surface area contributed by atoms with E-state index in [1.807, 2.05) is 12.1 Å². The molecule has 7 nitrogen and oxygen atoms in total. The summed E-state index contributed by atoms with van der Waals surface area (Å²) in [6, 6.07) is 13.6. The average Bonchev–Trinajstić information content (AvgIpc) is 2.67. The summed E-state index contributed by atoms with van der Waals surface area (Å²) < 4.78 is 34.4. The molecule has 0 saturated carbocycles. The van der Waals surface area contributed by atoms with Crippen molar-refractivity contribution in [3.05, 3.63) is 58.6 Å². The maximum atomic E-state index is 12.7. The number of hydrogen-bond acceptors (Lipinski definition) is 5. The molecule has 9 heteroatoms. The summed E-state index contributed by atoms with van der Waals surface area (Å²) in [5.41, 5.74) is 1.41. The number of nitrogens with one attached hydrogen (secondary N) is 1. The van der Waals surface area contributed by atoms with Crippen LogP contribution in [0, 0.1) is 0 Å². The third-order valence-corrected chi connectivity index (χ3v) is 5.48. The lowest BCUT2D eigenvalue weighted by Crippen LogP contribution is -2.36. The van der Waals surface area contributed by atoms with Crippen LogP contribution in [0.1, 0.15) is 12.5 Å². The smallest absolute Gasteiger partial charge is 0.322 e. The molecular formula is C19H23BrN2O5S. The van der Waals surface area contributed by atoms with Crippen molar-refractivity contribution in [1.29, 1.82) is 0 Å². The Labute approximate surface area is 173 Å². The van der Waals surface area contributed by atoms with E-state index in [1.54, 1.807) is 48.4 Å². The van der Waals surface area contributed by atoms with Gasteiger partial charge in [-0.05, 0) is 48.9 Å². The molecule has 0 fully saturated rings. The molecule has 0 saturated heterocycles. The molecule has 0 aliphatic heterocycles. The number of urea groups is 1. The fraction of sp³-hybridized carbons (Fsp3) is 0.316. The molecular weight excluding hydrogens is 448 g/mol. The van der Waals surface area contributed by atoms with E-state index in [1.165, 1.54) is 6.92 Å². The number of benzene rings is 2. The minimum atomic E-state index is -3.61. The molecule has 0 aliphatic carbocycles. The second-order valence-electron chi connectivity index (χ2n) is 5.93. The fourth-order valence-electron chi connectivity index (χ4n) is 2.31. The van der Waals surface area contributed by atoms with Crippen LogP contribution in [0.25, 0.3) is 0 Å². The highest BCUT2D eigenvalue weighted by Crippen LogP contribution is 2.18. The molecule has 28 heavy (non-hydrogen) atoms. The highest BCUT2D eigenvalue weighted by atomic mass is 79.9. The Bertz CT molecular complexity index is 887. The van der Waals surface area contributed by atoms with Gasteiger partial charge in [-0.1, -0.05) is 28.1 Å². The summed E-state index contributed by atoms with van der Waals surface area (Å²) in [6.45, 7) is 2.53. The van der Waals surface area contributed by atoms with E-state index in [4.69, 9.17) is 8.92 Å². The number of nitrogens with zero attached hydrogens (tertiary/aromatic N) is 1. The van der Waals surface area contributed by atoms with Gasteiger partial charge >= 0.3 is 16.1 Å². The van der Waals surface area contributed by atoms with Crippen LogP contribution in [0.3, 0.4) is 0 Å². The summed E-state index contributed by atoms with van der Waals surface area (Å²) >= 11 is 3.36. The van der Waals surface area contributed by atoms with Crippen molar-refractivity contribution in [2.45, 2.75) is 13.5 Å². The van der Waals surface area contributed by atoms with Gasteiger partial charge in [0.15, 0.2) is 0 Å². The second-order valence-corrected chi connectivity index (χ2v) is 8.70. The Morgan fingerprint density at radius 2 is 1.89 bits per heavy atom. The van der Waals surface area contributed by atoms with Gasteiger partial charge in [-0.3, -0.25) is 0 Å². The number of hydrogen-bond donors (Lipinski definition) is 1. The number of carbonyl (C=O) groups is 1. The van der Waals surface area contributed by atoms with Gasteiger partial charge in [-0.15, -0.1) is 0 Å². The molecule has 0 atom stereocenters.